The van der Waals surface area contributed by atoms with Crippen molar-refractivity contribution in [2.24, 2.45) is 34.3 Å². The monoisotopic (exact) mass is 473 g/mol. The molecule has 0 aromatic heterocycles. The van der Waals surface area contributed by atoms with Crippen molar-refractivity contribution in [3.8, 4) is 0 Å². The summed E-state index contributed by atoms with van der Waals surface area (Å²) in [5.74, 6) is -0.592. The summed E-state index contributed by atoms with van der Waals surface area (Å²) in [5, 5.41) is 13.4. The van der Waals surface area contributed by atoms with Crippen molar-refractivity contribution in [3.05, 3.63) is 0 Å². The van der Waals surface area contributed by atoms with Gasteiger partial charge in [0.2, 0.25) is 11.8 Å². The average molecular weight is 474 g/mol. The van der Waals surface area contributed by atoms with Gasteiger partial charge in [-0.3, -0.25) is 9.59 Å². The minimum atomic E-state index is -1.42. The van der Waals surface area contributed by atoms with Crippen molar-refractivity contribution in [1.29, 1.82) is 0 Å². The molecule has 1 saturated heterocycles. The van der Waals surface area contributed by atoms with Crippen molar-refractivity contribution in [2.75, 3.05) is 13.2 Å². The number of hydrogen-bond donors (Lipinski definition) is 3. The molecule has 8 nitrogen and oxygen atoms in total. The molecule has 0 aromatic carbocycles. The molecule has 0 radical (unpaired) electrons. The van der Waals surface area contributed by atoms with Crippen LogP contribution in [0.5, 0.6) is 0 Å². The fraction of sp³-hybridized carbons (Fsp3) is 0.870. The molecule has 2 unspecified atom stereocenters. The lowest BCUT2D eigenvalue weighted by Gasteiger charge is -2.36. The fourth-order valence-electron chi connectivity index (χ4n) is 5.00. The minimum absolute atomic E-state index is 0. The van der Waals surface area contributed by atoms with Gasteiger partial charge in [-0.05, 0) is 41.9 Å². The first-order valence-electron chi connectivity index (χ1n) is 11.5. The lowest BCUT2D eigenvalue weighted by Crippen LogP contribution is -2.59. The number of halogens is 1. The molecule has 1 aliphatic heterocycles. The van der Waals surface area contributed by atoms with Gasteiger partial charge in [0.1, 0.15) is 6.04 Å². The molecule has 2 amide bonds. The molecular formula is C23H40ClN3O5. The highest BCUT2D eigenvalue weighted by Crippen LogP contribution is 2.65. The van der Waals surface area contributed by atoms with E-state index in [4.69, 9.17) is 10.5 Å². The number of likely N-dealkylation sites (tertiary alicyclic amines) is 1. The zero-order valence-electron chi connectivity index (χ0n) is 20.1. The Morgan fingerprint density at radius 1 is 1.25 bits per heavy atom. The standard InChI is InChI=1S/C23H39N3O5.ClH/c1-7-31-21(30)17(27)14(10-12-8-9-12)25-19(28)16-15-13(23(15,5)6)11-26(16)20(29)18(24)22(2,3)4;/h12-18,27H,7-11,24H2,1-6H3,(H,25,28);1H/t13-,14?,15-,16-,17?,18+;/m0./s1. The number of carbonyl (C=O) groups excluding carboxylic acids is 3. The molecule has 184 valence electrons. The van der Waals surface area contributed by atoms with Gasteiger partial charge in [0.25, 0.3) is 0 Å². The molecule has 4 N–H and O–H groups in total. The molecule has 0 aromatic rings. The minimum Gasteiger partial charge on any atom is -0.464 e. The Morgan fingerprint density at radius 2 is 1.84 bits per heavy atom. The number of rotatable bonds is 8. The normalized spacial score (nSPS) is 28.6. The largest absolute Gasteiger partial charge is 0.464 e. The first-order chi connectivity index (χ1) is 14.3. The zero-order valence-corrected chi connectivity index (χ0v) is 20.9. The highest BCUT2D eigenvalue weighted by Gasteiger charge is 2.69. The third kappa shape index (κ3) is 5.23. The molecule has 3 aliphatic rings. The average Bonchev–Trinajstić information content (AvgIpc) is 3.52. The van der Waals surface area contributed by atoms with Crippen LogP contribution in [0.4, 0.5) is 0 Å². The van der Waals surface area contributed by atoms with Gasteiger partial charge >= 0.3 is 5.97 Å². The van der Waals surface area contributed by atoms with Gasteiger partial charge in [0, 0.05) is 6.54 Å². The molecule has 1 heterocycles. The van der Waals surface area contributed by atoms with E-state index >= 15 is 0 Å². The van der Waals surface area contributed by atoms with Gasteiger partial charge in [-0.25, -0.2) is 4.79 Å². The molecular weight excluding hydrogens is 434 g/mol. The van der Waals surface area contributed by atoms with E-state index in [0.29, 0.717) is 18.9 Å². The molecule has 0 bridgehead atoms. The quantitative estimate of drug-likeness (QED) is 0.459. The summed E-state index contributed by atoms with van der Waals surface area (Å²) >= 11 is 0. The highest BCUT2D eigenvalue weighted by atomic mass is 35.5. The fourth-order valence-corrected chi connectivity index (χ4v) is 5.00. The number of esters is 1. The van der Waals surface area contributed by atoms with E-state index in [2.05, 4.69) is 19.2 Å². The number of piperidine rings is 1. The van der Waals surface area contributed by atoms with Crippen molar-refractivity contribution in [2.45, 2.75) is 85.0 Å². The van der Waals surface area contributed by atoms with Gasteiger partial charge in [0.15, 0.2) is 6.10 Å². The summed E-state index contributed by atoms with van der Waals surface area (Å²) in [6.07, 6.45) is 1.14. The Morgan fingerprint density at radius 3 is 2.34 bits per heavy atom. The van der Waals surface area contributed by atoms with Crippen LogP contribution in [0.3, 0.4) is 0 Å². The SMILES string of the molecule is CCOC(=O)C(O)C(CC1CC1)NC(=O)[C@@H]1[C@@H]2[C@H](CN1C(=O)[C@@H](N)C(C)(C)C)C2(C)C.Cl. The van der Waals surface area contributed by atoms with Crippen LogP contribution in [-0.4, -0.2) is 65.2 Å². The maximum Gasteiger partial charge on any atom is 0.337 e. The van der Waals surface area contributed by atoms with Crippen LogP contribution in [0.15, 0.2) is 0 Å². The zero-order chi connectivity index (χ0) is 23.3. The van der Waals surface area contributed by atoms with Crippen molar-refractivity contribution < 1.29 is 24.2 Å². The van der Waals surface area contributed by atoms with Gasteiger partial charge in [-0.15, -0.1) is 12.4 Å². The van der Waals surface area contributed by atoms with E-state index in [9.17, 15) is 19.5 Å². The molecule has 6 atom stereocenters. The van der Waals surface area contributed by atoms with E-state index in [1.807, 2.05) is 20.8 Å². The highest BCUT2D eigenvalue weighted by molar-refractivity contribution is 5.92. The second-order valence-electron chi connectivity index (χ2n) is 11.2. The third-order valence-corrected chi connectivity index (χ3v) is 7.48. The second kappa shape index (κ2) is 9.47. The summed E-state index contributed by atoms with van der Waals surface area (Å²) in [4.78, 5) is 40.4. The predicted molar refractivity (Wildman–Crippen MR) is 123 cm³/mol. The Kier molecular flexibility index (Phi) is 7.95. The van der Waals surface area contributed by atoms with E-state index in [0.717, 1.165) is 12.8 Å². The molecule has 3 fully saturated rings. The first-order valence-corrected chi connectivity index (χ1v) is 11.5. The van der Waals surface area contributed by atoms with Gasteiger partial charge < -0.3 is 25.8 Å². The number of fused-ring (bicyclic) bond motifs is 1. The molecule has 2 aliphatic carbocycles. The topological polar surface area (TPSA) is 122 Å². The summed E-state index contributed by atoms with van der Waals surface area (Å²) in [5.41, 5.74) is 5.78. The molecule has 0 spiro atoms. The third-order valence-electron chi connectivity index (χ3n) is 7.48. The van der Waals surface area contributed by atoms with Crippen LogP contribution >= 0.6 is 12.4 Å². The number of aliphatic hydroxyl groups excluding tert-OH is 1. The summed E-state index contributed by atoms with van der Waals surface area (Å²) in [6, 6.07) is -2.08. The van der Waals surface area contributed by atoms with Crippen LogP contribution in [0, 0.1) is 28.6 Å². The van der Waals surface area contributed by atoms with Crippen LogP contribution < -0.4 is 11.1 Å². The molecule has 9 heteroatoms. The summed E-state index contributed by atoms with van der Waals surface area (Å²) < 4.78 is 4.96. The van der Waals surface area contributed by atoms with E-state index in [1.54, 1.807) is 11.8 Å². The lowest BCUT2D eigenvalue weighted by atomic mass is 9.86. The smallest absolute Gasteiger partial charge is 0.337 e. The van der Waals surface area contributed by atoms with E-state index in [1.165, 1.54) is 0 Å². The number of nitrogens with zero attached hydrogens (tertiary/aromatic N) is 1. The Hall–Kier alpha value is -1.38. The Bertz CT molecular complexity index is 734. The van der Waals surface area contributed by atoms with E-state index in [-0.39, 0.29) is 48.1 Å². The number of ether oxygens (including phenoxy) is 1. The Balaban J connectivity index is 0.00000363. The van der Waals surface area contributed by atoms with Gasteiger partial charge in [0.05, 0.1) is 18.7 Å². The number of aliphatic hydroxyl groups is 1. The van der Waals surface area contributed by atoms with Crippen molar-refractivity contribution >= 4 is 30.2 Å². The second-order valence-corrected chi connectivity index (χ2v) is 11.2. The summed E-state index contributed by atoms with van der Waals surface area (Å²) in [6.45, 7) is 12.3. The maximum absolute atomic E-state index is 13.4. The van der Waals surface area contributed by atoms with E-state index < -0.39 is 35.6 Å². The predicted octanol–water partition coefficient (Wildman–Crippen LogP) is 1.47. The number of hydrogen-bond acceptors (Lipinski definition) is 6. The van der Waals surface area contributed by atoms with Crippen molar-refractivity contribution in [1.82, 2.24) is 10.2 Å². The van der Waals surface area contributed by atoms with Crippen molar-refractivity contribution in [3.63, 3.8) is 0 Å². The van der Waals surface area contributed by atoms with Crippen LogP contribution in [0.25, 0.3) is 0 Å². The first kappa shape index (κ1) is 26.9. The molecule has 32 heavy (non-hydrogen) atoms. The Labute approximate surface area is 197 Å². The number of amides is 2. The summed E-state index contributed by atoms with van der Waals surface area (Å²) in [7, 11) is 0. The van der Waals surface area contributed by atoms with Gasteiger partial charge in [-0.2, -0.15) is 0 Å². The molecule has 3 rings (SSSR count). The maximum atomic E-state index is 13.4. The number of carbonyl (C=O) groups is 3. The van der Waals surface area contributed by atoms with Gasteiger partial charge in [-0.1, -0.05) is 47.5 Å². The van der Waals surface area contributed by atoms with Crippen LogP contribution in [-0.2, 0) is 19.1 Å². The van der Waals surface area contributed by atoms with Crippen LogP contribution in [0.1, 0.15) is 60.8 Å². The number of nitrogens with one attached hydrogen (secondary N) is 1. The lowest BCUT2D eigenvalue weighted by molar-refractivity contribution is -0.155. The van der Waals surface area contributed by atoms with Crippen LogP contribution in [0.2, 0.25) is 0 Å². The number of nitrogens with two attached hydrogens (primary N) is 1. The molecule has 2 saturated carbocycles.